The van der Waals surface area contributed by atoms with Crippen molar-refractivity contribution in [3.05, 3.63) is 35.4 Å². The Morgan fingerprint density at radius 3 is 2.20 bits per heavy atom. The van der Waals surface area contributed by atoms with Gasteiger partial charge in [-0.2, -0.15) is 0 Å². The molecule has 0 heterocycles. The van der Waals surface area contributed by atoms with Gasteiger partial charge in [-0.1, -0.05) is 35.2 Å². The average Bonchev–Trinajstić information content (AvgIpc) is 1.81. The predicted molar refractivity (Wildman–Crippen MR) is 44.0 cm³/mol. The van der Waals surface area contributed by atoms with Gasteiger partial charge in [-0.05, 0) is 6.08 Å². The van der Waals surface area contributed by atoms with Crippen LogP contribution in [0.5, 0.6) is 0 Å². The van der Waals surface area contributed by atoms with Gasteiger partial charge in [0.05, 0.1) is 5.57 Å². The zero-order chi connectivity index (χ0) is 8.15. The highest BCUT2D eigenvalue weighted by Crippen LogP contribution is 2.14. The fraction of sp³-hybridized carbons (Fsp3) is 0. The first-order valence-electron chi connectivity index (χ1n) is 2.50. The summed E-state index contributed by atoms with van der Waals surface area (Å²) in [5.41, 5.74) is 0.120. The maximum atomic E-state index is 10.3. The smallest absolute Gasteiger partial charge is 0.336 e. The quantitative estimate of drug-likeness (QED) is 0.563. The molecule has 10 heavy (non-hydrogen) atoms. The number of carbonyl (C=O) groups is 1. The van der Waals surface area contributed by atoms with Gasteiger partial charge < -0.3 is 5.11 Å². The Hall–Kier alpha value is -0.830. The van der Waals surface area contributed by atoms with Crippen molar-refractivity contribution in [3.63, 3.8) is 0 Å². The number of allylic oxidation sites excluding steroid dienone is 2. The lowest BCUT2D eigenvalue weighted by Gasteiger charge is -1.94. The zero-order valence-corrected chi connectivity index (χ0v) is 6.89. The van der Waals surface area contributed by atoms with Crippen molar-refractivity contribution in [2.24, 2.45) is 0 Å². The van der Waals surface area contributed by atoms with Gasteiger partial charge in [0, 0.05) is 4.48 Å². The highest BCUT2D eigenvalue weighted by Gasteiger charge is 2.06. The Morgan fingerprint density at radius 1 is 1.60 bits per heavy atom. The van der Waals surface area contributed by atoms with E-state index in [0.717, 1.165) is 0 Å². The number of carboxylic acid groups (broad SMARTS) is 1. The summed E-state index contributed by atoms with van der Waals surface area (Å²) >= 11 is 2.95. The fourth-order valence-electron chi connectivity index (χ4n) is 0.396. The molecule has 1 N–H and O–H groups in total. The van der Waals surface area contributed by atoms with E-state index in [1.807, 2.05) is 0 Å². The number of hydrogen-bond acceptors (Lipinski definition) is 1. The van der Waals surface area contributed by atoms with E-state index in [2.05, 4.69) is 29.1 Å². The number of hydrogen-bond donors (Lipinski definition) is 1. The minimum Gasteiger partial charge on any atom is -0.478 e. The van der Waals surface area contributed by atoms with Gasteiger partial charge in [0.15, 0.2) is 0 Å². The molecular formula is C7H7BrO2. The molecule has 0 aliphatic carbocycles. The van der Waals surface area contributed by atoms with Gasteiger partial charge in [0.1, 0.15) is 0 Å². The molecule has 3 heteroatoms. The first-order valence-corrected chi connectivity index (χ1v) is 3.29. The summed E-state index contributed by atoms with van der Waals surface area (Å²) in [7, 11) is 0. The number of rotatable bonds is 3. The van der Waals surface area contributed by atoms with Crippen LogP contribution in [0.3, 0.4) is 0 Å². The van der Waals surface area contributed by atoms with Gasteiger partial charge in [0.25, 0.3) is 0 Å². The van der Waals surface area contributed by atoms with Gasteiger partial charge in [-0.25, -0.2) is 4.79 Å². The lowest BCUT2D eigenvalue weighted by atomic mass is 10.2. The monoisotopic (exact) mass is 202 g/mol. The minimum absolute atomic E-state index is 0.120. The number of carboxylic acids is 1. The molecule has 0 rings (SSSR count). The molecule has 0 bridgehead atoms. The van der Waals surface area contributed by atoms with E-state index < -0.39 is 5.97 Å². The van der Waals surface area contributed by atoms with Crippen LogP contribution in [0, 0.1) is 0 Å². The molecule has 0 spiro atoms. The molecule has 0 fully saturated rings. The summed E-state index contributed by atoms with van der Waals surface area (Å²) in [5.74, 6) is -1.01. The first-order chi connectivity index (χ1) is 4.59. The van der Waals surface area contributed by atoms with Gasteiger partial charge in [-0.3, -0.25) is 0 Å². The Bertz CT molecular complexity index is 188. The van der Waals surface area contributed by atoms with Crippen molar-refractivity contribution in [2.75, 3.05) is 0 Å². The standard InChI is InChI=1S/C7H7BrO2/c1-3-4-6(5(2)8)7(9)10/h3-4H,1-2H2,(H,9,10)/b6-4+. The molecule has 0 unspecified atom stereocenters. The van der Waals surface area contributed by atoms with Gasteiger partial charge in [0.2, 0.25) is 0 Å². The number of halogens is 1. The van der Waals surface area contributed by atoms with E-state index in [0.29, 0.717) is 4.48 Å². The minimum atomic E-state index is -1.01. The summed E-state index contributed by atoms with van der Waals surface area (Å²) in [6.07, 6.45) is 2.77. The van der Waals surface area contributed by atoms with Crippen molar-refractivity contribution in [2.45, 2.75) is 0 Å². The van der Waals surface area contributed by atoms with Crippen molar-refractivity contribution in [1.82, 2.24) is 0 Å². The highest BCUT2D eigenvalue weighted by atomic mass is 79.9. The first kappa shape index (κ1) is 9.17. The summed E-state index contributed by atoms with van der Waals surface area (Å²) < 4.78 is 0.347. The van der Waals surface area contributed by atoms with Gasteiger partial charge >= 0.3 is 5.97 Å². The molecule has 0 aromatic carbocycles. The highest BCUT2D eigenvalue weighted by molar-refractivity contribution is 9.12. The molecule has 0 aromatic rings. The second-order valence-electron chi connectivity index (χ2n) is 1.53. The molecular weight excluding hydrogens is 196 g/mol. The largest absolute Gasteiger partial charge is 0.478 e. The lowest BCUT2D eigenvalue weighted by Crippen LogP contribution is -1.98. The van der Waals surface area contributed by atoms with Crippen molar-refractivity contribution >= 4 is 21.9 Å². The Labute approximate surface area is 67.7 Å². The average molecular weight is 203 g/mol. The maximum absolute atomic E-state index is 10.3. The molecule has 0 amide bonds. The van der Waals surface area contributed by atoms with Crippen LogP contribution in [-0.4, -0.2) is 11.1 Å². The Kier molecular flexibility index (Phi) is 3.72. The maximum Gasteiger partial charge on any atom is 0.336 e. The van der Waals surface area contributed by atoms with Crippen molar-refractivity contribution < 1.29 is 9.90 Å². The summed E-state index contributed by atoms with van der Waals surface area (Å²) in [6.45, 7) is 6.78. The summed E-state index contributed by atoms with van der Waals surface area (Å²) in [5, 5.41) is 8.47. The second kappa shape index (κ2) is 4.06. The van der Waals surface area contributed by atoms with Crippen LogP contribution in [0.1, 0.15) is 0 Å². The zero-order valence-electron chi connectivity index (χ0n) is 5.30. The van der Waals surface area contributed by atoms with Crippen LogP contribution in [0.25, 0.3) is 0 Å². The third-order valence-electron chi connectivity index (χ3n) is 0.807. The third kappa shape index (κ3) is 2.64. The van der Waals surface area contributed by atoms with E-state index in [4.69, 9.17) is 5.11 Å². The van der Waals surface area contributed by atoms with Crippen LogP contribution < -0.4 is 0 Å². The molecule has 0 aromatic heterocycles. The van der Waals surface area contributed by atoms with E-state index in [-0.39, 0.29) is 5.57 Å². The normalized spacial score (nSPS) is 10.7. The Balaban J connectivity index is 4.58. The molecule has 0 aliphatic heterocycles. The molecule has 0 saturated heterocycles. The van der Waals surface area contributed by atoms with Crippen LogP contribution in [-0.2, 0) is 4.79 Å². The molecule has 0 radical (unpaired) electrons. The lowest BCUT2D eigenvalue weighted by molar-refractivity contribution is -0.132. The van der Waals surface area contributed by atoms with Crippen LogP contribution in [0.4, 0.5) is 0 Å². The van der Waals surface area contributed by atoms with Crippen LogP contribution >= 0.6 is 15.9 Å². The van der Waals surface area contributed by atoms with E-state index in [9.17, 15) is 4.79 Å². The fourth-order valence-corrected chi connectivity index (χ4v) is 0.697. The number of aliphatic carboxylic acids is 1. The van der Waals surface area contributed by atoms with Gasteiger partial charge in [-0.15, -0.1) is 0 Å². The summed E-state index contributed by atoms with van der Waals surface area (Å²) in [6, 6.07) is 0. The molecule has 54 valence electrons. The second-order valence-corrected chi connectivity index (χ2v) is 2.48. The molecule has 0 saturated carbocycles. The van der Waals surface area contributed by atoms with E-state index >= 15 is 0 Å². The third-order valence-corrected chi connectivity index (χ3v) is 1.23. The van der Waals surface area contributed by atoms with Crippen molar-refractivity contribution in [1.29, 1.82) is 0 Å². The van der Waals surface area contributed by atoms with Crippen LogP contribution in [0.2, 0.25) is 0 Å². The van der Waals surface area contributed by atoms with Crippen molar-refractivity contribution in [3.8, 4) is 0 Å². The van der Waals surface area contributed by atoms with E-state index in [1.165, 1.54) is 12.2 Å². The molecule has 2 nitrogen and oxygen atoms in total. The summed E-state index contributed by atoms with van der Waals surface area (Å²) in [4.78, 5) is 10.3. The Morgan fingerprint density at radius 2 is 2.10 bits per heavy atom. The topological polar surface area (TPSA) is 37.3 Å². The predicted octanol–water partition coefficient (Wildman–Crippen LogP) is 2.09. The van der Waals surface area contributed by atoms with E-state index in [1.54, 1.807) is 0 Å². The SMILES string of the molecule is C=C/C=C(\C(=C)Br)C(=O)O. The van der Waals surface area contributed by atoms with Crippen LogP contribution in [0.15, 0.2) is 35.4 Å². The molecule has 0 aliphatic rings. The molecule has 0 atom stereocenters.